The van der Waals surface area contributed by atoms with Crippen molar-refractivity contribution in [1.82, 2.24) is 24.4 Å². The van der Waals surface area contributed by atoms with Crippen molar-refractivity contribution in [2.45, 2.75) is 44.8 Å². The lowest BCUT2D eigenvalue weighted by molar-refractivity contribution is 0.0260. The van der Waals surface area contributed by atoms with Crippen molar-refractivity contribution in [2.24, 2.45) is 0 Å². The Bertz CT molecular complexity index is 1480. The second kappa shape index (κ2) is 11.0. The number of hydrogen-bond acceptors (Lipinski definition) is 7. The number of likely N-dealkylation sites (N-methyl/N-ethyl adjacent to an activating group) is 1. The Hall–Kier alpha value is -3.20. The normalized spacial score (nSPS) is 20.5. The number of aryl methyl sites for hydroxylation is 1. The van der Waals surface area contributed by atoms with Gasteiger partial charge in [-0.05, 0) is 44.5 Å². The first-order valence-electron chi connectivity index (χ1n) is 14.9. The molecule has 0 aliphatic carbocycles. The number of rotatable bonds is 5. The minimum absolute atomic E-state index is 0.148. The zero-order chi connectivity index (χ0) is 27.1. The number of nitrogens with zero attached hydrogens (tertiary/aromatic N) is 6. The van der Waals surface area contributed by atoms with Crippen LogP contribution in [0.15, 0.2) is 48.8 Å². The van der Waals surface area contributed by atoms with Gasteiger partial charge in [-0.2, -0.15) is 5.10 Å². The van der Waals surface area contributed by atoms with E-state index in [0.717, 1.165) is 78.1 Å². The van der Waals surface area contributed by atoms with Crippen molar-refractivity contribution in [1.29, 1.82) is 0 Å². The van der Waals surface area contributed by atoms with E-state index in [2.05, 4.69) is 65.2 Å². The van der Waals surface area contributed by atoms with Gasteiger partial charge in [0.05, 0.1) is 36.8 Å². The first kappa shape index (κ1) is 25.7. The lowest BCUT2D eigenvalue weighted by Crippen LogP contribution is -2.52. The molecule has 3 fully saturated rings. The maximum absolute atomic E-state index is 6.79. The zero-order valence-corrected chi connectivity index (χ0v) is 23.8. The van der Waals surface area contributed by atoms with Crippen LogP contribution in [0.5, 0.6) is 5.75 Å². The molecule has 0 bridgehead atoms. The molecule has 0 atom stereocenters. The van der Waals surface area contributed by atoms with Crippen LogP contribution in [-0.2, 0) is 4.74 Å². The van der Waals surface area contributed by atoms with Crippen LogP contribution in [0.3, 0.4) is 0 Å². The Morgan fingerprint density at radius 3 is 2.48 bits per heavy atom. The lowest BCUT2D eigenvalue weighted by Gasteiger charge is -2.42. The van der Waals surface area contributed by atoms with Gasteiger partial charge in [0.2, 0.25) is 0 Å². The largest absolute Gasteiger partial charge is 0.488 e. The number of piperidine rings is 1. The van der Waals surface area contributed by atoms with Crippen LogP contribution in [0.4, 0.5) is 5.69 Å². The molecule has 1 aromatic carbocycles. The maximum Gasteiger partial charge on any atom is 0.148 e. The summed E-state index contributed by atoms with van der Waals surface area (Å²) in [4.78, 5) is 12.4. The summed E-state index contributed by atoms with van der Waals surface area (Å²) in [6.45, 7) is 10.4. The zero-order valence-electron chi connectivity index (χ0n) is 23.8. The third-order valence-electron chi connectivity index (χ3n) is 9.04. The summed E-state index contributed by atoms with van der Waals surface area (Å²) >= 11 is 0. The Labute approximate surface area is 236 Å². The number of piperazine rings is 1. The highest BCUT2D eigenvalue weighted by molar-refractivity contribution is 6.00. The molecule has 7 rings (SSSR count). The van der Waals surface area contributed by atoms with Crippen molar-refractivity contribution in [3.8, 4) is 16.9 Å². The molecule has 0 saturated carbocycles. The van der Waals surface area contributed by atoms with Crippen molar-refractivity contribution in [3.63, 3.8) is 0 Å². The summed E-state index contributed by atoms with van der Waals surface area (Å²) in [6, 6.07) is 13.5. The second-order valence-corrected chi connectivity index (χ2v) is 11.7. The van der Waals surface area contributed by atoms with E-state index >= 15 is 0 Å². The highest BCUT2D eigenvalue weighted by atomic mass is 16.5. The van der Waals surface area contributed by atoms with Gasteiger partial charge in [-0.3, -0.25) is 9.88 Å². The fraction of sp³-hybridized carbons (Fsp3) is 0.500. The van der Waals surface area contributed by atoms with Crippen molar-refractivity contribution in [2.75, 3.05) is 64.4 Å². The molecular weight excluding hydrogens is 500 g/mol. The van der Waals surface area contributed by atoms with Crippen LogP contribution >= 0.6 is 0 Å². The average molecular weight is 541 g/mol. The number of fused-ring (bicyclic) bond motifs is 2. The molecule has 8 nitrogen and oxygen atoms in total. The minimum atomic E-state index is 0.148. The minimum Gasteiger partial charge on any atom is -0.488 e. The summed E-state index contributed by atoms with van der Waals surface area (Å²) in [5.41, 5.74) is 6.46. The van der Waals surface area contributed by atoms with Gasteiger partial charge < -0.3 is 19.3 Å². The first-order valence-corrected chi connectivity index (χ1v) is 14.9. The molecule has 210 valence electrons. The number of hydrogen-bond donors (Lipinski definition) is 0. The number of ether oxygens (including phenoxy) is 2. The Morgan fingerprint density at radius 2 is 1.68 bits per heavy atom. The predicted octanol–water partition coefficient (Wildman–Crippen LogP) is 4.63. The van der Waals surface area contributed by atoms with Crippen LogP contribution in [0.2, 0.25) is 0 Å². The number of benzene rings is 1. The van der Waals surface area contributed by atoms with Crippen molar-refractivity contribution < 1.29 is 9.47 Å². The van der Waals surface area contributed by atoms with Gasteiger partial charge >= 0.3 is 0 Å². The molecule has 0 unspecified atom stereocenters. The molecule has 3 saturated heterocycles. The maximum atomic E-state index is 6.79. The second-order valence-electron chi connectivity index (χ2n) is 11.7. The van der Waals surface area contributed by atoms with Gasteiger partial charge in [0.1, 0.15) is 17.4 Å². The van der Waals surface area contributed by atoms with Crippen LogP contribution in [-0.4, -0.2) is 96.1 Å². The van der Waals surface area contributed by atoms with E-state index in [9.17, 15) is 0 Å². The van der Waals surface area contributed by atoms with Crippen LogP contribution in [0.1, 0.15) is 31.4 Å². The van der Waals surface area contributed by atoms with E-state index in [1.165, 1.54) is 44.7 Å². The monoisotopic (exact) mass is 540 g/mol. The van der Waals surface area contributed by atoms with Crippen molar-refractivity contribution in [3.05, 3.63) is 54.5 Å². The summed E-state index contributed by atoms with van der Waals surface area (Å²) in [5.74, 6) is 0.914. The smallest absolute Gasteiger partial charge is 0.148 e. The van der Waals surface area contributed by atoms with E-state index < -0.39 is 0 Å². The van der Waals surface area contributed by atoms with Crippen LogP contribution in [0, 0.1) is 6.92 Å². The Kier molecular flexibility index (Phi) is 7.08. The van der Waals surface area contributed by atoms with Gasteiger partial charge in [-0.25, -0.2) is 4.52 Å². The fourth-order valence-corrected chi connectivity index (χ4v) is 6.71. The quantitative estimate of drug-likeness (QED) is 0.366. The standard InChI is InChI=1S/C32H40N6O2/c1-23-19-28(27-5-3-4-6-30(27)34-23)29-21-33-38-22-25(20-31(32(29)38)40-26-9-17-39-18-10-26)36-11-7-24(8-12-36)37-15-13-35(2)14-16-37/h3-6,19-22,24,26H,7-18H2,1-2H3. The molecule has 3 aliphatic rings. The number of anilines is 1. The molecule has 4 aromatic rings. The SMILES string of the molecule is Cc1cc(-c2cnn3cc(N4CCC(N5CCN(C)CC5)CC4)cc(OC4CCOCC4)c23)c2ccccc2n1. The van der Waals surface area contributed by atoms with Gasteiger partial charge in [0.25, 0.3) is 0 Å². The number of pyridine rings is 2. The molecule has 3 aliphatic heterocycles. The molecule has 0 amide bonds. The van der Waals surface area contributed by atoms with E-state index in [1.54, 1.807) is 0 Å². The van der Waals surface area contributed by atoms with Crippen molar-refractivity contribution >= 4 is 22.1 Å². The molecule has 8 heteroatoms. The van der Waals surface area contributed by atoms with Gasteiger partial charge in [-0.1, -0.05) is 18.2 Å². The number of aromatic nitrogens is 3. The Balaban J connectivity index is 1.23. The molecule has 0 N–H and O–H groups in total. The summed E-state index contributed by atoms with van der Waals surface area (Å²) in [5, 5.41) is 6.02. The predicted molar refractivity (Wildman–Crippen MR) is 159 cm³/mol. The fourth-order valence-electron chi connectivity index (χ4n) is 6.71. The summed E-state index contributed by atoms with van der Waals surface area (Å²) in [7, 11) is 2.23. The summed E-state index contributed by atoms with van der Waals surface area (Å²) in [6.07, 6.45) is 8.56. The molecule has 6 heterocycles. The molecule has 0 radical (unpaired) electrons. The van der Waals surface area contributed by atoms with Gasteiger partial charge in [0.15, 0.2) is 0 Å². The van der Waals surface area contributed by atoms with Crippen LogP contribution in [0.25, 0.3) is 27.5 Å². The highest BCUT2D eigenvalue weighted by Crippen LogP contribution is 2.39. The highest BCUT2D eigenvalue weighted by Gasteiger charge is 2.28. The van der Waals surface area contributed by atoms with E-state index in [0.29, 0.717) is 6.04 Å². The molecule has 40 heavy (non-hydrogen) atoms. The average Bonchev–Trinajstić information content (AvgIpc) is 3.42. The third kappa shape index (κ3) is 5.04. The number of para-hydroxylation sites is 1. The molecule has 0 spiro atoms. The Morgan fingerprint density at radius 1 is 0.900 bits per heavy atom. The first-order chi connectivity index (χ1) is 19.6. The van der Waals surface area contributed by atoms with Gasteiger partial charge in [0, 0.05) is 80.9 Å². The molecule has 3 aromatic heterocycles. The van der Waals surface area contributed by atoms with E-state index in [4.69, 9.17) is 19.6 Å². The lowest BCUT2D eigenvalue weighted by atomic mass is 10.0. The van der Waals surface area contributed by atoms with E-state index in [1.807, 2.05) is 16.8 Å². The van der Waals surface area contributed by atoms with E-state index in [-0.39, 0.29) is 6.10 Å². The third-order valence-corrected chi connectivity index (χ3v) is 9.04. The molecular formula is C32H40N6O2. The topological polar surface area (TPSA) is 58.4 Å². The van der Waals surface area contributed by atoms with Crippen LogP contribution < -0.4 is 9.64 Å². The summed E-state index contributed by atoms with van der Waals surface area (Å²) < 4.78 is 14.5. The van der Waals surface area contributed by atoms with Gasteiger partial charge in [-0.15, -0.1) is 0 Å².